The van der Waals surface area contributed by atoms with E-state index in [0.29, 0.717) is 37.2 Å². The van der Waals surface area contributed by atoms with Crippen LogP contribution in [0.15, 0.2) is 6.07 Å². The fourth-order valence-corrected chi connectivity index (χ4v) is 2.13. The molecule has 98 valence electrons. The van der Waals surface area contributed by atoms with E-state index >= 15 is 0 Å². The number of hydrogen-bond acceptors (Lipinski definition) is 4. The number of aryl methyl sites for hydroxylation is 2. The SMILES string of the molecule is Cc1cc(C(=O)N2CCC(C)(O)CC2)c(C)nn1. The highest BCUT2D eigenvalue weighted by Crippen LogP contribution is 2.22. The summed E-state index contributed by atoms with van der Waals surface area (Å²) in [5.41, 5.74) is 1.37. The summed E-state index contributed by atoms with van der Waals surface area (Å²) < 4.78 is 0. The standard InChI is InChI=1S/C13H19N3O2/c1-9-8-11(10(2)15-14-9)12(17)16-6-4-13(3,18)5-7-16/h8,18H,4-7H2,1-3H3. The first-order chi connectivity index (χ1) is 8.39. The monoisotopic (exact) mass is 249 g/mol. The van der Waals surface area contributed by atoms with E-state index in [1.807, 2.05) is 13.8 Å². The third-order valence-electron chi connectivity index (χ3n) is 3.46. The van der Waals surface area contributed by atoms with Crippen molar-refractivity contribution in [2.24, 2.45) is 0 Å². The average Bonchev–Trinajstić information content (AvgIpc) is 2.31. The normalized spacial score (nSPS) is 18.8. The highest BCUT2D eigenvalue weighted by atomic mass is 16.3. The number of carbonyl (C=O) groups excluding carboxylic acids is 1. The van der Waals surface area contributed by atoms with Gasteiger partial charge in [-0.25, -0.2) is 0 Å². The summed E-state index contributed by atoms with van der Waals surface area (Å²) in [4.78, 5) is 14.1. The average molecular weight is 249 g/mol. The van der Waals surface area contributed by atoms with E-state index in [1.165, 1.54) is 0 Å². The van der Waals surface area contributed by atoms with Gasteiger partial charge in [-0.3, -0.25) is 4.79 Å². The van der Waals surface area contributed by atoms with Gasteiger partial charge in [-0.1, -0.05) is 0 Å². The van der Waals surface area contributed by atoms with E-state index in [2.05, 4.69) is 10.2 Å². The Morgan fingerprint density at radius 3 is 2.56 bits per heavy atom. The molecule has 0 atom stereocenters. The van der Waals surface area contributed by atoms with Crippen molar-refractivity contribution in [1.29, 1.82) is 0 Å². The van der Waals surface area contributed by atoms with Crippen molar-refractivity contribution < 1.29 is 9.90 Å². The van der Waals surface area contributed by atoms with Crippen LogP contribution in [0.4, 0.5) is 0 Å². The third kappa shape index (κ3) is 2.67. The molecule has 5 nitrogen and oxygen atoms in total. The van der Waals surface area contributed by atoms with Crippen LogP contribution in [0.5, 0.6) is 0 Å². The maximum absolute atomic E-state index is 12.4. The van der Waals surface area contributed by atoms with Gasteiger partial charge < -0.3 is 10.0 Å². The Bertz CT molecular complexity index is 461. The fraction of sp³-hybridized carbons (Fsp3) is 0.615. The summed E-state index contributed by atoms with van der Waals surface area (Å²) in [7, 11) is 0. The molecule has 1 aromatic heterocycles. The van der Waals surface area contributed by atoms with Gasteiger partial charge in [0.05, 0.1) is 22.6 Å². The quantitative estimate of drug-likeness (QED) is 0.808. The zero-order chi connectivity index (χ0) is 13.3. The Labute approximate surface area is 107 Å². The molecule has 1 aliphatic rings. The minimum Gasteiger partial charge on any atom is -0.390 e. The van der Waals surface area contributed by atoms with E-state index in [1.54, 1.807) is 17.9 Å². The number of carbonyl (C=O) groups is 1. The minimum absolute atomic E-state index is 0.0130. The fourth-order valence-electron chi connectivity index (χ4n) is 2.13. The number of nitrogens with zero attached hydrogens (tertiary/aromatic N) is 3. The molecule has 0 unspecified atom stereocenters. The molecule has 18 heavy (non-hydrogen) atoms. The molecule has 1 aliphatic heterocycles. The summed E-state index contributed by atoms with van der Waals surface area (Å²) in [6.45, 7) is 6.61. The molecule has 0 saturated carbocycles. The lowest BCUT2D eigenvalue weighted by atomic mass is 9.93. The van der Waals surface area contributed by atoms with Gasteiger partial charge in [0.25, 0.3) is 5.91 Å². The number of rotatable bonds is 1. The molecule has 0 aromatic carbocycles. The number of piperidine rings is 1. The molecule has 1 fully saturated rings. The predicted octanol–water partition coefficient (Wildman–Crippen LogP) is 1.08. The van der Waals surface area contributed by atoms with Crippen LogP contribution >= 0.6 is 0 Å². The molecule has 1 N–H and O–H groups in total. The number of aliphatic hydroxyl groups is 1. The lowest BCUT2D eigenvalue weighted by molar-refractivity contribution is -0.00206. The van der Waals surface area contributed by atoms with Crippen LogP contribution in [0.1, 0.15) is 41.5 Å². The van der Waals surface area contributed by atoms with Crippen LogP contribution < -0.4 is 0 Å². The van der Waals surface area contributed by atoms with E-state index in [4.69, 9.17) is 0 Å². The smallest absolute Gasteiger partial charge is 0.255 e. The molecule has 5 heteroatoms. The number of likely N-dealkylation sites (tertiary alicyclic amines) is 1. The van der Waals surface area contributed by atoms with Gasteiger partial charge in [0.1, 0.15) is 0 Å². The summed E-state index contributed by atoms with van der Waals surface area (Å²) >= 11 is 0. The molecule has 0 radical (unpaired) electrons. The van der Waals surface area contributed by atoms with E-state index in [0.717, 1.165) is 5.69 Å². The van der Waals surface area contributed by atoms with Gasteiger partial charge >= 0.3 is 0 Å². The highest BCUT2D eigenvalue weighted by molar-refractivity contribution is 5.95. The first kappa shape index (κ1) is 13.0. The van der Waals surface area contributed by atoms with Crippen molar-refractivity contribution in [3.05, 3.63) is 23.0 Å². The second kappa shape index (κ2) is 4.65. The Kier molecular flexibility index (Phi) is 3.34. The molecule has 0 aliphatic carbocycles. The molecular formula is C13H19N3O2. The van der Waals surface area contributed by atoms with Gasteiger partial charge in [-0.05, 0) is 39.7 Å². The maximum atomic E-state index is 12.4. The minimum atomic E-state index is -0.641. The van der Waals surface area contributed by atoms with Gasteiger partial charge in [-0.15, -0.1) is 0 Å². The van der Waals surface area contributed by atoms with Crippen molar-refractivity contribution >= 4 is 5.91 Å². The molecular weight excluding hydrogens is 230 g/mol. The molecule has 1 amide bonds. The van der Waals surface area contributed by atoms with E-state index in [-0.39, 0.29) is 5.91 Å². The first-order valence-corrected chi connectivity index (χ1v) is 6.22. The van der Waals surface area contributed by atoms with E-state index < -0.39 is 5.60 Å². The second-order valence-corrected chi connectivity index (χ2v) is 5.27. The van der Waals surface area contributed by atoms with Crippen molar-refractivity contribution in [2.75, 3.05) is 13.1 Å². The molecule has 1 aromatic rings. The van der Waals surface area contributed by atoms with Crippen molar-refractivity contribution in [3.63, 3.8) is 0 Å². The molecule has 2 heterocycles. The Balaban J connectivity index is 2.15. The van der Waals surface area contributed by atoms with Gasteiger partial charge in [0, 0.05) is 13.1 Å². The zero-order valence-electron chi connectivity index (χ0n) is 11.1. The predicted molar refractivity (Wildman–Crippen MR) is 67.3 cm³/mol. The summed E-state index contributed by atoms with van der Waals surface area (Å²) in [6, 6.07) is 1.78. The van der Waals surface area contributed by atoms with Crippen LogP contribution in [0.25, 0.3) is 0 Å². The molecule has 1 saturated heterocycles. The van der Waals surface area contributed by atoms with Gasteiger partial charge in [-0.2, -0.15) is 10.2 Å². The summed E-state index contributed by atoms with van der Waals surface area (Å²) in [5, 5.41) is 17.8. The largest absolute Gasteiger partial charge is 0.390 e. The lowest BCUT2D eigenvalue weighted by Crippen LogP contribution is -2.45. The van der Waals surface area contributed by atoms with Crippen molar-refractivity contribution in [1.82, 2.24) is 15.1 Å². The first-order valence-electron chi connectivity index (χ1n) is 6.22. The molecule has 0 spiro atoms. The maximum Gasteiger partial charge on any atom is 0.255 e. The van der Waals surface area contributed by atoms with Gasteiger partial charge in [0.2, 0.25) is 0 Å². The van der Waals surface area contributed by atoms with Crippen LogP contribution in [-0.2, 0) is 0 Å². The number of hydrogen-bond donors (Lipinski definition) is 1. The van der Waals surface area contributed by atoms with Crippen LogP contribution in [0, 0.1) is 13.8 Å². The Hall–Kier alpha value is -1.49. The Morgan fingerprint density at radius 2 is 1.94 bits per heavy atom. The van der Waals surface area contributed by atoms with Crippen molar-refractivity contribution in [2.45, 2.75) is 39.2 Å². The summed E-state index contributed by atoms with van der Waals surface area (Å²) in [6.07, 6.45) is 1.24. The topological polar surface area (TPSA) is 66.3 Å². The Morgan fingerprint density at radius 1 is 1.33 bits per heavy atom. The summed E-state index contributed by atoms with van der Waals surface area (Å²) in [5.74, 6) is -0.0130. The van der Waals surface area contributed by atoms with E-state index in [9.17, 15) is 9.90 Å². The van der Waals surface area contributed by atoms with Crippen LogP contribution in [0.2, 0.25) is 0 Å². The second-order valence-electron chi connectivity index (χ2n) is 5.27. The number of amides is 1. The molecule has 0 bridgehead atoms. The lowest BCUT2D eigenvalue weighted by Gasteiger charge is -2.35. The number of aromatic nitrogens is 2. The van der Waals surface area contributed by atoms with Crippen LogP contribution in [0.3, 0.4) is 0 Å². The highest BCUT2D eigenvalue weighted by Gasteiger charge is 2.30. The molecule has 2 rings (SSSR count). The van der Waals surface area contributed by atoms with Crippen molar-refractivity contribution in [3.8, 4) is 0 Å². The van der Waals surface area contributed by atoms with Gasteiger partial charge in [0.15, 0.2) is 0 Å². The third-order valence-corrected chi connectivity index (χ3v) is 3.46. The van der Waals surface area contributed by atoms with Crippen LogP contribution in [-0.4, -0.2) is 44.8 Å². The zero-order valence-corrected chi connectivity index (χ0v) is 11.1.